The molecule has 2 aliphatic carbocycles. The second-order valence-electron chi connectivity index (χ2n) is 6.43. The molecule has 0 aliphatic heterocycles. The van der Waals surface area contributed by atoms with E-state index in [1.165, 1.54) is 32.1 Å². The Morgan fingerprint density at radius 2 is 2.09 bits per heavy atom. The number of carbonyl (C=O) groups excluding carboxylic acids is 1. The lowest BCUT2D eigenvalue weighted by Crippen LogP contribution is -2.44. The van der Waals surface area contributed by atoms with Crippen molar-refractivity contribution in [2.45, 2.75) is 81.3 Å². The van der Waals surface area contributed by atoms with Gasteiger partial charge in [-0.15, -0.1) is 10.2 Å². The van der Waals surface area contributed by atoms with E-state index in [2.05, 4.69) is 26.6 Å². The molecule has 0 bridgehead atoms. The zero-order valence-corrected chi connectivity index (χ0v) is 14.4. The molecule has 6 heteroatoms. The predicted octanol–water partition coefficient (Wildman–Crippen LogP) is 3.27. The fourth-order valence-electron chi connectivity index (χ4n) is 3.35. The Bertz CT molecular complexity index is 508. The van der Waals surface area contributed by atoms with Crippen molar-refractivity contribution in [3.05, 3.63) is 6.33 Å². The highest BCUT2D eigenvalue weighted by atomic mass is 32.2. The Kier molecular flexibility index (Phi) is 5.06. The van der Waals surface area contributed by atoms with E-state index in [1.807, 2.05) is 6.92 Å². The SMILES string of the molecule is CCN(C(=O)C(C)Sc1nncn1C1CC1)C1CCCCC1. The van der Waals surface area contributed by atoms with Gasteiger partial charge < -0.3 is 9.47 Å². The van der Waals surface area contributed by atoms with E-state index in [-0.39, 0.29) is 11.2 Å². The minimum Gasteiger partial charge on any atom is -0.339 e. The summed E-state index contributed by atoms with van der Waals surface area (Å²) < 4.78 is 2.13. The number of carbonyl (C=O) groups is 1. The van der Waals surface area contributed by atoms with Gasteiger partial charge in [-0.25, -0.2) is 0 Å². The summed E-state index contributed by atoms with van der Waals surface area (Å²) >= 11 is 1.56. The summed E-state index contributed by atoms with van der Waals surface area (Å²) in [6, 6.07) is 0.996. The van der Waals surface area contributed by atoms with Crippen LogP contribution in [0.3, 0.4) is 0 Å². The number of amides is 1. The Balaban J connectivity index is 1.63. The summed E-state index contributed by atoms with van der Waals surface area (Å²) in [5.74, 6) is 0.254. The average molecular weight is 322 g/mol. The third-order valence-corrected chi connectivity index (χ3v) is 5.81. The minimum absolute atomic E-state index is 0.0939. The molecule has 0 radical (unpaired) electrons. The predicted molar refractivity (Wildman–Crippen MR) is 87.9 cm³/mol. The maximum Gasteiger partial charge on any atom is 0.236 e. The zero-order chi connectivity index (χ0) is 15.5. The lowest BCUT2D eigenvalue weighted by Gasteiger charge is -2.35. The summed E-state index contributed by atoms with van der Waals surface area (Å²) in [4.78, 5) is 14.9. The Hall–Kier alpha value is -1.04. The van der Waals surface area contributed by atoms with Gasteiger partial charge >= 0.3 is 0 Å². The van der Waals surface area contributed by atoms with Gasteiger partial charge in [-0.1, -0.05) is 31.0 Å². The van der Waals surface area contributed by atoms with Gasteiger partial charge in [0.25, 0.3) is 0 Å². The van der Waals surface area contributed by atoms with Crippen molar-refractivity contribution in [1.82, 2.24) is 19.7 Å². The molecular weight excluding hydrogens is 296 g/mol. The molecule has 5 nitrogen and oxygen atoms in total. The fourth-order valence-corrected chi connectivity index (χ4v) is 4.31. The molecule has 2 fully saturated rings. The first-order valence-electron chi connectivity index (χ1n) is 8.57. The number of nitrogens with zero attached hydrogens (tertiary/aromatic N) is 4. The molecule has 3 rings (SSSR count). The normalized spacial score (nSPS) is 20.8. The molecular formula is C16H26N4OS. The lowest BCUT2D eigenvalue weighted by molar-refractivity contribution is -0.133. The van der Waals surface area contributed by atoms with Crippen molar-refractivity contribution in [3.8, 4) is 0 Å². The average Bonchev–Trinajstić information content (AvgIpc) is 3.29. The molecule has 1 amide bonds. The molecule has 0 aromatic carbocycles. The Morgan fingerprint density at radius 1 is 1.36 bits per heavy atom. The number of hydrogen-bond acceptors (Lipinski definition) is 4. The van der Waals surface area contributed by atoms with Crippen LogP contribution in [0.1, 0.15) is 64.8 Å². The second kappa shape index (κ2) is 7.02. The molecule has 1 aromatic rings. The molecule has 1 unspecified atom stereocenters. The molecule has 22 heavy (non-hydrogen) atoms. The number of rotatable bonds is 6. The zero-order valence-electron chi connectivity index (χ0n) is 13.6. The smallest absolute Gasteiger partial charge is 0.236 e. The van der Waals surface area contributed by atoms with Crippen LogP contribution in [0.2, 0.25) is 0 Å². The van der Waals surface area contributed by atoms with Crippen LogP contribution in [0.15, 0.2) is 11.5 Å². The van der Waals surface area contributed by atoms with Crippen LogP contribution < -0.4 is 0 Å². The third-order valence-electron chi connectivity index (χ3n) is 4.75. The molecule has 0 saturated heterocycles. The van der Waals surface area contributed by atoms with Crippen molar-refractivity contribution >= 4 is 17.7 Å². The first-order valence-corrected chi connectivity index (χ1v) is 9.45. The third kappa shape index (κ3) is 3.47. The van der Waals surface area contributed by atoms with E-state index in [9.17, 15) is 4.79 Å². The lowest BCUT2D eigenvalue weighted by atomic mass is 9.94. The quantitative estimate of drug-likeness (QED) is 0.754. The second-order valence-corrected chi connectivity index (χ2v) is 7.74. The van der Waals surface area contributed by atoms with E-state index >= 15 is 0 Å². The van der Waals surface area contributed by atoms with Crippen LogP contribution in [-0.4, -0.2) is 43.4 Å². The molecule has 1 atom stereocenters. The standard InChI is InChI=1S/C16H26N4OS/c1-3-19(13-7-5-4-6-8-13)15(21)12(2)22-16-18-17-11-20(16)14-9-10-14/h11-14H,3-10H2,1-2H3. The summed E-state index contributed by atoms with van der Waals surface area (Å²) in [7, 11) is 0. The Labute approximate surface area is 136 Å². The molecule has 1 heterocycles. The summed E-state index contributed by atoms with van der Waals surface area (Å²) in [6.45, 7) is 4.91. The van der Waals surface area contributed by atoms with E-state index in [4.69, 9.17) is 0 Å². The number of aromatic nitrogens is 3. The van der Waals surface area contributed by atoms with Crippen molar-refractivity contribution in [2.24, 2.45) is 0 Å². The van der Waals surface area contributed by atoms with Crippen molar-refractivity contribution in [2.75, 3.05) is 6.54 Å². The molecule has 2 aliphatic rings. The van der Waals surface area contributed by atoms with Gasteiger partial charge in [0.1, 0.15) is 6.33 Å². The summed E-state index contributed by atoms with van der Waals surface area (Å²) in [5, 5.41) is 9.02. The highest BCUT2D eigenvalue weighted by Gasteiger charge is 2.31. The monoisotopic (exact) mass is 322 g/mol. The maximum atomic E-state index is 12.8. The highest BCUT2D eigenvalue weighted by molar-refractivity contribution is 8.00. The summed E-state index contributed by atoms with van der Waals surface area (Å²) in [6.07, 6.45) is 10.4. The van der Waals surface area contributed by atoms with Gasteiger partial charge in [-0.3, -0.25) is 4.79 Å². The van der Waals surface area contributed by atoms with Crippen LogP contribution in [0.4, 0.5) is 0 Å². The number of thioether (sulfide) groups is 1. The molecule has 0 N–H and O–H groups in total. The van der Waals surface area contributed by atoms with Gasteiger partial charge in [0.05, 0.1) is 5.25 Å². The van der Waals surface area contributed by atoms with Crippen LogP contribution >= 0.6 is 11.8 Å². The molecule has 1 aromatic heterocycles. The van der Waals surface area contributed by atoms with Crippen LogP contribution in [0.25, 0.3) is 0 Å². The molecule has 122 valence electrons. The topological polar surface area (TPSA) is 51.0 Å². The van der Waals surface area contributed by atoms with E-state index < -0.39 is 0 Å². The number of hydrogen-bond donors (Lipinski definition) is 0. The van der Waals surface area contributed by atoms with Crippen molar-refractivity contribution in [1.29, 1.82) is 0 Å². The molecule has 2 saturated carbocycles. The van der Waals surface area contributed by atoms with Gasteiger partial charge in [0.15, 0.2) is 5.16 Å². The van der Waals surface area contributed by atoms with Crippen molar-refractivity contribution < 1.29 is 4.79 Å². The maximum absolute atomic E-state index is 12.8. The molecule has 0 spiro atoms. The van der Waals surface area contributed by atoms with Gasteiger partial charge in [0.2, 0.25) is 5.91 Å². The van der Waals surface area contributed by atoms with Gasteiger partial charge in [-0.05, 0) is 39.5 Å². The Morgan fingerprint density at radius 3 is 2.73 bits per heavy atom. The minimum atomic E-state index is -0.0939. The largest absolute Gasteiger partial charge is 0.339 e. The van der Waals surface area contributed by atoms with Crippen molar-refractivity contribution in [3.63, 3.8) is 0 Å². The van der Waals surface area contributed by atoms with Gasteiger partial charge in [0, 0.05) is 18.6 Å². The summed E-state index contributed by atoms with van der Waals surface area (Å²) in [5.41, 5.74) is 0. The first kappa shape index (κ1) is 15.8. The first-order chi connectivity index (χ1) is 10.7. The van der Waals surface area contributed by atoms with Crippen LogP contribution in [0.5, 0.6) is 0 Å². The van der Waals surface area contributed by atoms with Crippen LogP contribution in [0, 0.1) is 0 Å². The van der Waals surface area contributed by atoms with E-state index in [0.29, 0.717) is 12.1 Å². The fraction of sp³-hybridized carbons (Fsp3) is 0.812. The van der Waals surface area contributed by atoms with E-state index in [1.54, 1.807) is 18.1 Å². The van der Waals surface area contributed by atoms with Gasteiger partial charge in [-0.2, -0.15) is 0 Å². The van der Waals surface area contributed by atoms with Crippen LogP contribution in [-0.2, 0) is 4.79 Å². The van der Waals surface area contributed by atoms with E-state index in [0.717, 1.165) is 24.5 Å². The highest BCUT2D eigenvalue weighted by Crippen LogP contribution is 2.38.